The second-order valence-electron chi connectivity index (χ2n) is 8.21. The molecular formula is C25H28N2O5. The summed E-state index contributed by atoms with van der Waals surface area (Å²) in [6.07, 6.45) is -0.147. The third kappa shape index (κ3) is 3.73. The summed E-state index contributed by atoms with van der Waals surface area (Å²) in [6.45, 7) is 6.87. The van der Waals surface area contributed by atoms with Crippen molar-refractivity contribution in [3.8, 4) is 11.5 Å². The number of para-hydroxylation sites is 1. The van der Waals surface area contributed by atoms with Gasteiger partial charge in [0.15, 0.2) is 0 Å². The van der Waals surface area contributed by atoms with Gasteiger partial charge < -0.3 is 19.1 Å². The Balaban J connectivity index is 1.91. The number of imide groups is 1. The first kappa shape index (κ1) is 21.9. The maximum absolute atomic E-state index is 13.9. The minimum atomic E-state index is -0.398. The van der Waals surface area contributed by atoms with Crippen LogP contribution in [0.1, 0.15) is 25.0 Å². The van der Waals surface area contributed by atoms with Gasteiger partial charge in [0, 0.05) is 18.7 Å². The lowest BCUT2D eigenvalue weighted by Gasteiger charge is -2.37. The summed E-state index contributed by atoms with van der Waals surface area (Å²) in [7, 11) is 3.08. The smallest absolute Gasteiger partial charge is 0.282 e. The number of hydrogen-bond acceptors (Lipinski definition) is 6. The van der Waals surface area contributed by atoms with Crippen LogP contribution < -0.4 is 14.4 Å². The van der Waals surface area contributed by atoms with E-state index >= 15 is 0 Å². The minimum absolute atomic E-state index is 0.0735. The molecule has 0 bridgehead atoms. The molecule has 0 spiro atoms. The van der Waals surface area contributed by atoms with Crippen molar-refractivity contribution in [1.29, 1.82) is 0 Å². The number of methoxy groups -OCH3 is 2. The van der Waals surface area contributed by atoms with Crippen LogP contribution in [0, 0.1) is 6.92 Å². The number of rotatable bonds is 5. The highest BCUT2D eigenvalue weighted by Gasteiger charge is 2.45. The molecule has 0 radical (unpaired) electrons. The van der Waals surface area contributed by atoms with Crippen molar-refractivity contribution in [2.75, 3.05) is 32.2 Å². The van der Waals surface area contributed by atoms with Crippen LogP contribution in [-0.4, -0.2) is 56.2 Å². The quantitative estimate of drug-likeness (QED) is 0.670. The molecule has 0 saturated carbocycles. The number of nitrogens with zero attached hydrogens (tertiary/aromatic N) is 2. The average Bonchev–Trinajstić information content (AvgIpc) is 3.02. The van der Waals surface area contributed by atoms with Crippen LogP contribution in [0.15, 0.2) is 48.2 Å². The molecule has 2 heterocycles. The first-order chi connectivity index (χ1) is 15.3. The van der Waals surface area contributed by atoms with E-state index in [2.05, 4.69) is 0 Å². The molecule has 168 valence electrons. The van der Waals surface area contributed by atoms with E-state index in [1.165, 1.54) is 12.0 Å². The van der Waals surface area contributed by atoms with Crippen molar-refractivity contribution in [2.24, 2.45) is 0 Å². The molecule has 7 heteroatoms. The van der Waals surface area contributed by atoms with E-state index in [1.807, 2.05) is 49.9 Å². The van der Waals surface area contributed by atoms with Crippen LogP contribution in [-0.2, 0) is 14.3 Å². The number of ether oxygens (including phenoxy) is 3. The number of morpholine rings is 1. The highest BCUT2D eigenvalue weighted by molar-refractivity contribution is 6.46. The Bertz CT molecular complexity index is 1080. The summed E-state index contributed by atoms with van der Waals surface area (Å²) in [5.74, 6) is 0.224. The maximum Gasteiger partial charge on any atom is 0.282 e. The summed E-state index contributed by atoms with van der Waals surface area (Å²) >= 11 is 0. The molecule has 4 rings (SSSR count). The van der Waals surface area contributed by atoms with Gasteiger partial charge in [-0.15, -0.1) is 0 Å². The predicted octanol–water partition coefficient (Wildman–Crippen LogP) is 3.41. The fourth-order valence-electron chi connectivity index (χ4n) is 4.46. The van der Waals surface area contributed by atoms with Crippen molar-refractivity contribution in [2.45, 2.75) is 33.0 Å². The Morgan fingerprint density at radius 1 is 0.906 bits per heavy atom. The molecule has 2 amide bonds. The second-order valence-corrected chi connectivity index (χ2v) is 8.21. The molecule has 1 saturated heterocycles. The van der Waals surface area contributed by atoms with Gasteiger partial charge in [-0.05, 0) is 44.5 Å². The van der Waals surface area contributed by atoms with E-state index in [1.54, 1.807) is 25.3 Å². The van der Waals surface area contributed by atoms with Crippen LogP contribution in [0.2, 0.25) is 0 Å². The molecule has 7 nitrogen and oxygen atoms in total. The van der Waals surface area contributed by atoms with Gasteiger partial charge in [0.05, 0.1) is 37.7 Å². The lowest BCUT2D eigenvalue weighted by atomic mass is 10.0. The number of benzene rings is 2. The molecule has 0 aromatic heterocycles. The lowest BCUT2D eigenvalue weighted by Crippen LogP contribution is -2.47. The highest BCUT2D eigenvalue weighted by atomic mass is 16.5. The van der Waals surface area contributed by atoms with Gasteiger partial charge in [-0.1, -0.05) is 24.3 Å². The van der Waals surface area contributed by atoms with E-state index in [9.17, 15) is 9.59 Å². The number of amides is 2. The van der Waals surface area contributed by atoms with Gasteiger partial charge in [-0.3, -0.25) is 9.59 Å². The molecule has 2 aliphatic rings. The molecule has 0 aliphatic carbocycles. The molecule has 2 aromatic rings. The maximum atomic E-state index is 13.9. The van der Waals surface area contributed by atoms with Crippen LogP contribution in [0.3, 0.4) is 0 Å². The molecule has 1 fully saturated rings. The Hall–Kier alpha value is -3.32. The normalized spacial score (nSPS) is 21.4. The van der Waals surface area contributed by atoms with Crippen LogP contribution in [0.4, 0.5) is 5.69 Å². The van der Waals surface area contributed by atoms with Gasteiger partial charge in [0.2, 0.25) is 0 Å². The Kier molecular flexibility index (Phi) is 5.93. The second kappa shape index (κ2) is 8.67. The monoisotopic (exact) mass is 436 g/mol. The van der Waals surface area contributed by atoms with E-state index < -0.39 is 5.91 Å². The van der Waals surface area contributed by atoms with Gasteiger partial charge in [0.1, 0.15) is 17.2 Å². The third-order valence-electron chi connectivity index (χ3n) is 5.75. The zero-order valence-corrected chi connectivity index (χ0v) is 19.0. The summed E-state index contributed by atoms with van der Waals surface area (Å²) in [5, 5.41) is 0. The van der Waals surface area contributed by atoms with Gasteiger partial charge in [0.25, 0.3) is 11.8 Å². The molecular weight excluding hydrogens is 408 g/mol. The van der Waals surface area contributed by atoms with E-state index in [-0.39, 0.29) is 18.1 Å². The SMILES string of the molecule is COc1ccccc1C1=C(N2CC(C)OC(C)C2)C(=O)N(c2cc(C)ccc2OC)C1=O. The fraction of sp³-hybridized carbons (Fsp3) is 0.360. The van der Waals surface area contributed by atoms with E-state index in [4.69, 9.17) is 14.2 Å². The van der Waals surface area contributed by atoms with Crippen LogP contribution in [0.5, 0.6) is 11.5 Å². The standard InChI is InChI=1S/C25H28N2O5/c1-15-10-11-21(31-5)19(12-15)27-24(28)22(18-8-6-7-9-20(18)30-4)23(25(27)29)26-13-16(2)32-17(3)14-26/h6-12,16-17H,13-14H2,1-5H3. The van der Waals surface area contributed by atoms with Gasteiger partial charge in [-0.2, -0.15) is 0 Å². The molecule has 2 aromatic carbocycles. The fourth-order valence-corrected chi connectivity index (χ4v) is 4.46. The lowest BCUT2D eigenvalue weighted by molar-refractivity contribution is -0.121. The Morgan fingerprint density at radius 3 is 2.22 bits per heavy atom. The largest absolute Gasteiger partial charge is 0.496 e. The Labute approximate surface area is 188 Å². The first-order valence-electron chi connectivity index (χ1n) is 10.7. The number of aryl methyl sites for hydroxylation is 1. The first-order valence-corrected chi connectivity index (χ1v) is 10.7. The van der Waals surface area contributed by atoms with E-state index in [0.29, 0.717) is 47.1 Å². The molecule has 2 unspecified atom stereocenters. The third-order valence-corrected chi connectivity index (χ3v) is 5.75. The number of carbonyl (C=O) groups excluding carboxylic acids is 2. The van der Waals surface area contributed by atoms with Crippen molar-refractivity contribution in [3.63, 3.8) is 0 Å². The van der Waals surface area contributed by atoms with Crippen molar-refractivity contribution < 1.29 is 23.8 Å². The number of hydrogen-bond donors (Lipinski definition) is 0. The molecule has 32 heavy (non-hydrogen) atoms. The summed E-state index contributed by atoms with van der Waals surface area (Å²) in [4.78, 5) is 30.9. The molecule has 2 atom stereocenters. The summed E-state index contributed by atoms with van der Waals surface area (Å²) in [5.41, 5.74) is 2.63. The average molecular weight is 437 g/mol. The zero-order chi connectivity index (χ0) is 23.0. The zero-order valence-electron chi connectivity index (χ0n) is 19.0. The summed E-state index contributed by atoms with van der Waals surface area (Å²) in [6, 6.07) is 12.7. The van der Waals surface area contributed by atoms with Crippen LogP contribution >= 0.6 is 0 Å². The number of carbonyl (C=O) groups is 2. The van der Waals surface area contributed by atoms with E-state index in [0.717, 1.165) is 5.56 Å². The van der Waals surface area contributed by atoms with Crippen molar-refractivity contribution >= 4 is 23.1 Å². The van der Waals surface area contributed by atoms with Gasteiger partial charge >= 0.3 is 0 Å². The topological polar surface area (TPSA) is 68.3 Å². The summed E-state index contributed by atoms with van der Waals surface area (Å²) < 4.78 is 16.9. The number of anilines is 1. The Morgan fingerprint density at radius 2 is 1.56 bits per heavy atom. The van der Waals surface area contributed by atoms with Crippen LogP contribution in [0.25, 0.3) is 5.57 Å². The molecule has 2 aliphatic heterocycles. The predicted molar refractivity (Wildman–Crippen MR) is 122 cm³/mol. The minimum Gasteiger partial charge on any atom is -0.496 e. The van der Waals surface area contributed by atoms with Crippen molar-refractivity contribution in [1.82, 2.24) is 4.90 Å². The van der Waals surface area contributed by atoms with Crippen molar-refractivity contribution in [3.05, 3.63) is 59.3 Å². The molecule has 0 N–H and O–H groups in total. The van der Waals surface area contributed by atoms with Gasteiger partial charge in [-0.25, -0.2) is 4.90 Å². The highest BCUT2D eigenvalue weighted by Crippen LogP contribution is 2.41.